The number of ether oxygens (including phenoxy) is 2. The van der Waals surface area contributed by atoms with Gasteiger partial charge >= 0.3 is 0 Å². The van der Waals surface area contributed by atoms with Crippen molar-refractivity contribution >= 4 is 11.8 Å². The van der Waals surface area contributed by atoms with Crippen LogP contribution in [0.1, 0.15) is 24.4 Å². The van der Waals surface area contributed by atoms with Gasteiger partial charge in [0, 0.05) is 18.9 Å². The minimum atomic E-state index is -0.539. The van der Waals surface area contributed by atoms with E-state index in [0.29, 0.717) is 6.54 Å². The van der Waals surface area contributed by atoms with Gasteiger partial charge in [-0.2, -0.15) is 0 Å². The molecule has 1 aromatic rings. The van der Waals surface area contributed by atoms with Crippen molar-refractivity contribution in [3.8, 4) is 11.5 Å². The molecular formula is C16H24N3O4+. The van der Waals surface area contributed by atoms with Gasteiger partial charge in [0.15, 0.2) is 6.54 Å². The number of primary amides is 1. The number of carbonyl (C=O) groups excluding carboxylic acids is 2. The van der Waals surface area contributed by atoms with Gasteiger partial charge in [-0.15, -0.1) is 0 Å². The SMILES string of the molecule is COc1ccc([C@@H]2CCC[NH+]2CC(=O)NCC(N)=O)c(OC)c1. The molecule has 0 saturated carbocycles. The van der Waals surface area contributed by atoms with Crippen molar-refractivity contribution in [2.24, 2.45) is 5.73 Å². The summed E-state index contributed by atoms with van der Waals surface area (Å²) in [5, 5.41) is 2.54. The molecule has 7 heteroatoms. The van der Waals surface area contributed by atoms with Crippen LogP contribution < -0.4 is 25.4 Å². The van der Waals surface area contributed by atoms with Crippen molar-refractivity contribution in [3.05, 3.63) is 23.8 Å². The van der Waals surface area contributed by atoms with Crippen molar-refractivity contribution in [1.82, 2.24) is 5.32 Å². The molecular weight excluding hydrogens is 298 g/mol. The first kappa shape index (κ1) is 17.1. The summed E-state index contributed by atoms with van der Waals surface area (Å²) in [5.41, 5.74) is 6.12. The van der Waals surface area contributed by atoms with E-state index in [0.717, 1.165) is 41.3 Å². The second-order valence-corrected chi connectivity index (χ2v) is 5.63. The number of hydrogen-bond donors (Lipinski definition) is 3. The number of amides is 2. The van der Waals surface area contributed by atoms with E-state index in [1.165, 1.54) is 0 Å². The molecule has 0 bridgehead atoms. The molecule has 4 N–H and O–H groups in total. The van der Waals surface area contributed by atoms with Crippen molar-refractivity contribution < 1.29 is 24.0 Å². The lowest BCUT2D eigenvalue weighted by Crippen LogP contribution is -3.11. The predicted molar refractivity (Wildman–Crippen MR) is 84.4 cm³/mol. The predicted octanol–water partition coefficient (Wildman–Crippen LogP) is -0.975. The summed E-state index contributed by atoms with van der Waals surface area (Å²) in [5.74, 6) is 0.803. The van der Waals surface area contributed by atoms with Crippen LogP contribution in [0.4, 0.5) is 0 Å². The Bertz CT molecular complexity index is 576. The maximum atomic E-state index is 11.9. The van der Waals surface area contributed by atoms with E-state index in [2.05, 4.69) is 5.32 Å². The zero-order valence-electron chi connectivity index (χ0n) is 13.6. The number of benzene rings is 1. The third-order valence-electron chi connectivity index (χ3n) is 4.15. The molecule has 0 radical (unpaired) electrons. The lowest BCUT2D eigenvalue weighted by atomic mass is 10.0. The van der Waals surface area contributed by atoms with E-state index in [-0.39, 0.29) is 18.5 Å². The molecule has 0 spiro atoms. The number of rotatable bonds is 7. The maximum Gasteiger partial charge on any atom is 0.275 e. The fourth-order valence-corrected chi connectivity index (χ4v) is 3.06. The number of nitrogens with one attached hydrogen (secondary N) is 2. The van der Waals surface area contributed by atoms with E-state index < -0.39 is 5.91 Å². The Balaban J connectivity index is 2.09. The van der Waals surface area contributed by atoms with Crippen LogP contribution in [0, 0.1) is 0 Å². The molecule has 0 aliphatic carbocycles. The average Bonchev–Trinajstić information content (AvgIpc) is 3.00. The van der Waals surface area contributed by atoms with E-state index >= 15 is 0 Å². The summed E-state index contributed by atoms with van der Waals surface area (Å²) in [7, 11) is 3.25. The zero-order valence-corrected chi connectivity index (χ0v) is 13.6. The molecule has 0 aromatic heterocycles. The lowest BCUT2D eigenvalue weighted by molar-refractivity contribution is -0.910. The lowest BCUT2D eigenvalue weighted by Gasteiger charge is -2.23. The fraction of sp³-hybridized carbons (Fsp3) is 0.500. The van der Waals surface area contributed by atoms with Gasteiger partial charge in [0.05, 0.1) is 32.9 Å². The van der Waals surface area contributed by atoms with E-state index in [9.17, 15) is 9.59 Å². The van der Waals surface area contributed by atoms with Crippen molar-refractivity contribution in [3.63, 3.8) is 0 Å². The molecule has 1 unspecified atom stereocenters. The zero-order chi connectivity index (χ0) is 16.8. The Morgan fingerprint density at radius 3 is 2.78 bits per heavy atom. The Hall–Kier alpha value is -2.28. The molecule has 1 aliphatic heterocycles. The molecule has 1 heterocycles. The van der Waals surface area contributed by atoms with Crippen LogP contribution in [0.5, 0.6) is 11.5 Å². The van der Waals surface area contributed by atoms with Crippen LogP contribution in [-0.2, 0) is 9.59 Å². The van der Waals surface area contributed by atoms with Crippen LogP contribution in [-0.4, -0.2) is 45.7 Å². The Morgan fingerprint density at radius 2 is 2.13 bits per heavy atom. The van der Waals surface area contributed by atoms with Crippen LogP contribution in [0.25, 0.3) is 0 Å². The van der Waals surface area contributed by atoms with Gasteiger partial charge in [-0.25, -0.2) is 0 Å². The molecule has 2 rings (SSSR count). The number of likely N-dealkylation sites (tertiary alicyclic amines) is 1. The van der Waals surface area contributed by atoms with Gasteiger partial charge in [0.25, 0.3) is 5.91 Å². The highest BCUT2D eigenvalue weighted by Gasteiger charge is 2.33. The Labute approximate surface area is 135 Å². The summed E-state index contributed by atoms with van der Waals surface area (Å²) < 4.78 is 10.7. The largest absolute Gasteiger partial charge is 0.497 e. The van der Waals surface area contributed by atoms with Crippen molar-refractivity contribution in [2.75, 3.05) is 33.9 Å². The molecule has 126 valence electrons. The van der Waals surface area contributed by atoms with Gasteiger partial charge in [0.1, 0.15) is 17.5 Å². The van der Waals surface area contributed by atoms with Crippen molar-refractivity contribution in [1.29, 1.82) is 0 Å². The minimum absolute atomic E-state index is 0.122. The van der Waals surface area contributed by atoms with Crippen LogP contribution in [0.15, 0.2) is 18.2 Å². The first-order chi connectivity index (χ1) is 11.0. The van der Waals surface area contributed by atoms with Gasteiger partial charge in [-0.1, -0.05) is 0 Å². The first-order valence-corrected chi connectivity index (χ1v) is 7.66. The molecule has 1 aromatic carbocycles. The normalized spacial score (nSPS) is 20.1. The van der Waals surface area contributed by atoms with E-state index in [1.807, 2.05) is 18.2 Å². The third kappa shape index (κ3) is 4.35. The fourth-order valence-electron chi connectivity index (χ4n) is 3.06. The molecule has 23 heavy (non-hydrogen) atoms. The first-order valence-electron chi connectivity index (χ1n) is 7.66. The second kappa shape index (κ2) is 7.82. The van der Waals surface area contributed by atoms with Gasteiger partial charge in [-0.05, 0) is 12.1 Å². The summed E-state index contributed by atoms with van der Waals surface area (Å²) in [6.07, 6.45) is 2.03. The number of quaternary nitrogens is 1. The summed E-state index contributed by atoms with van der Waals surface area (Å²) in [6, 6.07) is 5.95. The number of nitrogens with two attached hydrogens (primary N) is 1. The number of carbonyl (C=O) groups is 2. The quantitative estimate of drug-likeness (QED) is 0.602. The molecule has 1 fully saturated rings. The minimum Gasteiger partial charge on any atom is -0.497 e. The van der Waals surface area contributed by atoms with E-state index in [1.54, 1.807) is 14.2 Å². The summed E-state index contributed by atoms with van der Waals surface area (Å²) in [4.78, 5) is 23.8. The smallest absolute Gasteiger partial charge is 0.275 e. The highest BCUT2D eigenvalue weighted by Crippen LogP contribution is 2.31. The second-order valence-electron chi connectivity index (χ2n) is 5.63. The van der Waals surface area contributed by atoms with Gasteiger partial charge in [-0.3, -0.25) is 9.59 Å². The Morgan fingerprint density at radius 1 is 1.35 bits per heavy atom. The van der Waals surface area contributed by atoms with Crippen LogP contribution in [0.3, 0.4) is 0 Å². The molecule has 2 amide bonds. The average molecular weight is 322 g/mol. The summed E-state index contributed by atoms with van der Waals surface area (Å²) in [6.45, 7) is 1.10. The molecule has 1 saturated heterocycles. The van der Waals surface area contributed by atoms with E-state index in [4.69, 9.17) is 15.2 Å². The topological polar surface area (TPSA) is 95.1 Å². The highest BCUT2D eigenvalue weighted by atomic mass is 16.5. The van der Waals surface area contributed by atoms with Crippen LogP contribution >= 0.6 is 0 Å². The monoisotopic (exact) mass is 322 g/mol. The number of methoxy groups -OCH3 is 2. The van der Waals surface area contributed by atoms with Gasteiger partial charge in [0.2, 0.25) is 5.91 Å². The van der Waals surface area contributed by atoms with Gasteiger partial charge < -0.3 is 25.4 Å². The molecule has 1 aliphatic rings. The van der Waals surface area contributed by atoms with Crippen LogP contribution in [0.2, 0.25) is 0 Å². The molecule has 7 nitrogen and oxygen atoms in total. The third-order valence-corrected chi connectivity index (χ3v) is 4.15. The van der Waals surface area contributed by atoms with Crippen molar-refractivity contribution in [2.45, 2.75) is 18.9 Å². The standard InChI is InChI=1S/C16H23N3O4/c1-22-11-5-6-12(14(8-11)23-2)13-4-3-7-19(13)10-16(21)18-9-15(17)20/h5-6,8,13H,3-4,7,9-10H2,1-2H3,(H2,17,20)(H,18,21)/p+1/t13-/m0/s1. The number of hydrogen-bond acceptors (Lipinski definition) is 4. The highest BCUT2D eigenvalue weighted by molar-refractivity contribution is 5.84. The summed E-state index contributed by atoms with van der Waals surface area (Å²) >= 11 is 0. The maximum absolute atomic E-state index is 11.9. The Kier molecular flexibility index (Phi) is 5.81. The molecule has 2 atom stereocenters.